The van der Waals surface area contributed by atoms with Gasteiger partial charge in [-0.25, -0.2) is 21.1 Å². The van der Waals surface area contributed by atoms with E-state index in [-0.39, 0.29) is 21.1 Å². The number of methoxy groups -OCH3 is 1. The van der Waals surface area contributed by atoms with Gasteiger partial charge in [0.15, 0.2) is 0 Å². The molecule has 0 saturated carbocycles. The third-order valence-electron chi connectivity index (χ3n) is 5.68. The van der Waals surface area contributed by atoms with Gasteiger partial charge in [-0.3, -0.25) is 0 Å². The van der Waals surface area contributed by atoms with Gasteiger partial charge in [0.05, 0.1) is 13.3 Å². The standard InChI is InChI=1S/C29H19N3O2.Pt/c1-33-23-13-15-28(31-19-23)32-26-10-3-2-9-24(26)25-14-12-21(18-27(25)32)20-7-6-8-22(17-20)34-29-11-4-5-16-30-29;/h2-16,19H,1H3;/q-2;+2. The third kappa shape index (κ3) is 4.31. The Kier molecular flexibility index (Phi) is 6.34. The average Bonchev–Trinajstić information content (AvgIpc) is 3.23. The Morgan fingerprint density at radius 2 is 1.60 bits per heavy atom. The molecule has 0 radical (unpaired) electrons. The van der Waals surface area contributed by atoms with Gasteiger partial charge in [-0.05, 0) is 35.2 Å². The molecular weight excluding hydrogens is 617 g/mol. The first-order valence-corrected chi connectivity index (χ1v) is 10.9. The van der Waals surface area contributed by atoms with Crippen LogP contribution in [0.15, 0.2) is 97.3 Å². The second kappa shape index (κ2) is 9.73. The number of hydrogen-bond donors (Lipinski definition) is 0. The van der Waals surface area contributed by atoms with Gasteiger partial charge in [-0.2, -0.15) is 24.3 Å². The van der Waals surface area contributed by atoms with E-state index in [4.69, 9.17) is 9.47 Å². The van der Waals surface area contributed by atoms with Crippen molar-refractivity contribution >= 4 is 21.8 Å². The molecule has 6 rings (SSSR count). The van der Waals surface area contributed by atoms with E-state index < -0.39 is 0 Å². The van der Waals surface area contributed by atoms with E-state index in [0.717, 1.165) is 38.8 Å². The smallest absolute Gasteiger partial charge is 0.495 e. The molecule has 172 valence electrons. The zero-order valence-electron chi connectivity index (χ0n) is 18.7. The fourth-order valence-corrected chi connectivity index (χ4v) is 4.10. The molecule has 0 N–H and O–H groups in total. The third-order valence-corrected chi connectivity index (χ3v) is 5.68. The van der Waals surface area contributed by atoms with Crippen LogP contribution in [0.4, 0.5) is 0 Å². The average molecular weight is 637 g/mol. The van der Waals surface area contributed by atoms with Gasteiger partial charge in [0.2, 0.25) is 5.88 Å². The summed E-state index contributed by atoms with van der Waals surface area (Å²) in [5.74, 6) is 2.65. The van der Waals surface area contributed by atoms with Crippen LogP contribution in [0.2, 0.25) is 0 Å². The molecule has 0 aliphatic carbocycles. The number of benzene rings is 3. The quantitative estimate of drug-likeness (QED) is 0.199. The number of ether oxygens (including phenoxy) is 2. The SMILES string of the molecule is COc1ccc(-n2c3[c-]c(-c4[c-]c(Oc5ccccn5)ccc4)ccc3c3ccccc32)nc1.[Pt+2]. The molecule has 0 aliphatic rings. The summed E-state index contributed by atoms with van der Waals surface area (Å²) in [4.78, 5) is 8.87. The van der Waals surface area contributed by atoms with Crippen molar-refractivity contribution in [2.24, 2.45) is 0 Å². The van der Waals surface area contributed by atoms with Crippen LogP contribution in [-0.4, -0.2) is 21.6 Å². The topological polar surface area (TPSA) is 49.2 Å². The normalized spacial score (nSPS) is 10.8. The summed E-state index contributed by atoms with van der Waals surface area (Å²) in [6, 6.07) is 34.7. The van der Waals surface area contributed by atoms with E-state index in [1.807, 2.05) is 60.7 Å². The van der Waals surface area contributed by atoms with Gasteiger partial charge in [-0.15, -0.1) is 18.2 Å². The first-order valence-electron chi connectivity index (χ1n) is 10.9. The molecule has 6 aromatic rings. The van der Waals surface area contributed by atoms with E-state index in [1.165, 1.54) is 0 Å². The van der Waals surface area contributed by atoms with Gasteiger partial charge in [0.1, 0.15) is 11.6 Å². The van der Waals surface area contributed by atoms with Crippen molar-refractivity contribution < 1.29 is 30.5 Å². The van der Waals surface area contributed by atoms with E-state index >= 15 is 0 Å². The monoisotopic (exact) mass is 636 g/mol. The van der Waals surface area contributed by atoms with Crippen LogP contribution < -0.4 is 9.47 Å². The molecule has 0 fully saturated rings. The second-order valence-electron chi connectivity index (χ2n) is 7.74. The maximum absolute atomic E-state index is 5.88. The molecule has 0 aliphatic heterocycles. The van der Waals surface area contributed by atoms with Gasteiger partial charge in [0.25, 0.3) is 0 Å². The molecule has 0 saturated heterocycles. The zero-order chi connectivity index (χ0) is 22.9. The van der Waals surface area contributed by atoms with E-state index in [9.17, 15) is 0 Å². The number of para-hydroxylation sites is 1. The summed E-state index contributed by atoms with van der Waals surface area (Å²) >= 11 is 0. The zero-order valence-corrected chi connectivity index (χ0v) is 21.0. The molecule has 0 atom stereocenters. The largest absolute Gasteiger partial charge is 2.00 e. The Morgan fingerprint density at radius 1 is 0.743 bits per heavy atom. The first-order chi connectivity index (χ1) is 16.8. The summed E-state index contributed by atoms with van der Waals surface area (Å²) < 4.78 is 13.3. The number of aromatic nitrogens is 3. The van der Waals surface area contributed by atoms with Crippen molar-refractivity contribution in [3.05, 3.63) is 109 Å². The minimum Gasteiger partial charge on any atom is -0.495 e. The Labute approximate surface area is 217 Å². The Morgan fingerprint density at radius 3 is 2.40 bits per heavy atom. The molecule has 0 amide bonds. The molecule has 0 bridgehead atoms. The molecule has 0 spiro atoms. The minimum atomic E-state index is 0. The predicted octanol–water partition coefficient (Wildman–Crippen LogP) is 6.64. The molecular formula is C29H19N3O2Pt. The predicted molar refractivity (Wildman–Crippen MR) is 133 cm³/mol. The van der Waals surface area contributed by atoms with Crippen molar-refractivity contribution in [3.8, 4) is 34.3 Å². The molecule has 5 nitrogen and oxygen atoms in total. The minimum absolute atomic E-state index is 0. The number of fused-ring (bicyclic) bond motifs is 3. The van der Waals surface area contributed by atoms with Gasteiger partial charge in [-0.1, -0.05) is 29.7 Å². The first kappa shape index (κ1) is 22.8. The van der Waals surface area contributed by atoms with Crippen LogP contribution in [0.3, 0.4) is 0 Å². The van der Waals surface area contributed by atoms with Gasteiger partial charge < -0.3 is 14.0 Å². The molecule has 3 aromatic carbocycles. The van der Waals surface area contributed by atoms with Gasteiger partial charge in [0, 0.05) is 23.5 Å². The Bertz CT molecular complexity index is 1610. The van der Waals surface area contributed by atoms with Crippen LogP contribution in [-0.2, 0) is 21.1 Å². The summed E-state index contributed by atoms with van der Waals surface area (Å²) in [5.41, 5.74) is 3.81. The number of rotatable bonds is 5. The molecule has 6 heteroatoms. The van der Waals surface area contributed by atoms with Crippen molar-refractivity contribution in [1.82, 2.24) is 14.5 Å². The number of nitrogens with zero attached hydrogens (tertiary/aromatic N) is 3. The second-order valence-corrected chi connectivity index (χ2v) is 7.74. The van der Waals surface area contributed by atoms with E-state index in [2.05, 4.69) is 50.9 Å². The summed E-state index contributed by atoms with van der Waals surface area (Å²) in [5, 5.41) is 2.26. The maximum Gasteiger partial charge on any atom is 2.00 e. The van der Waals surface area contributed by atoms with Crippen LogP contribution in [0.5, 0.6) is 17.4 Å². The maximum atomic E-state index is 5.88. The van der Waals surface area contributed by atoms with Crippen molar-refractivity contribution in [3.63, 3.8) is 0 Å². The van der Waals surface area contributed by atoms with Crippen LogP contribution in [0.25, 0.3) is 38.8 Å². The van der Waals surface area contributed by atoms with Crippen molar-refractivity contribution in [1.29, 1.82) is 0 Å². The van der Waals surface area contributed by atoms with Gasteiger partial charge >= 0.3 is 21.1 Å². The summed E-state index contributed by atoms with van der Waals surface area (Å²) in [6.07, 6.45) is 3.43. The molecule has 0 unspecified atom stereocenters. The van der Waals surface area contributed by atoms with Crippen LogP contribution in [0.1, 0.15) is 0 Å². The Balaban J connectivity index is 0.00000253. The molecule has 35 heavy (non-hydrogen) atoms. The summed E-state index contributed by atoms with van der Waals surface area (Å²) in [6.45, 7) is 0. The van der Waals surface area contributed by atoms with E-state index in [0.29, 0.717) is 17.4 Å². The number of pyridine rings is 2. The molecule has 3 aromatic heterocycles. The molecule has 3 heterocycles. The number of hydrogen-bond acceptors (Lipinski definition) is 4. The van der Waals surface area contributed by atoms with Crippen LogP contribution >= 0.6 is 0 Å². The van der Waals surface area contributed by atoms with E-state index in [1.54, 1.807) is 19.5 Å². The van der Waals surface area contributed by atoms with Crippen LogP contribution in [0, 0.1) is 12.1 Å². The summed E-state index contributed by atoms with van der Waals surface area (Å²) in [7, 11) is 1.64. The fourth-order valence-electron chi connectivity index (χ4n) is 4.10. The fraction of sp³-hybridized carbons (Fsp3) is 0.0345. The van der Waals surface area contributed by atoms with Crippen molar-refractivity contribution in [2.75, 3.05) is 7.11 Å². The van der Waals surface area contributed by atoms with Crippen molar-refractivity contribution in [2.45, 2.75) is 0 Å². The Hall–Kier alpha value is -3.95.